The number of carbonyl (C=O) groups is 3. The third kappa shape index (κ3) is 4.25. The zero-order valence-electron chi connectivity index (χ0n) is 13.3. The molecule has 1 aromatic carbocycles. The molecule has 0 saturated carbocycles. The Hall–Kier alpha value is -3.03. The number of ether oxygens (including phenoxy) is 2. The maximum Gasteiger partial charge on any atom is 0.326 e. The molecule has 8 nitrogen and oxygen atoms in total. The van der Waals surface area contributed by atoms with E-state index in [1.54, 1.807) is 25.1 Å². The standard InChI is InChI=1S/C16H18N2O6/c1-3-11(16(21)22)18-15(20)12(17-9(2)19)6-10-4-5-13-14(7-10)24-8-23-13/h4-7,11H,3,8H2,1-2H3,(H,17,19)(H,18,20)(H,21,22)/b12-6+. The highest BCUT2D eigenvalue weighted by Gasteiger charge is 2.21. The van der Waals surface area contributed by atoms with Gasteiger partial charge in [-0.2, -0.15) is 0 Å². The van der Waals surface area contributed by atoms with Crippen LogP contribution in [0.15, 0.2) is 23.9 Å². The van der Waals surface area contributed by atoms with Gasteiger partial charge in [0.15, 0.2) is 11.5 Å². The number of carbonyl (C=O) groups excluding carboxylic acids is 2. The van der Waals surface area contributed by atoms with Crippen molar-refractivity contribution < 1.29 is 29.0 Å². The maximum atomic E-state index is 12.3. The van der Waals surface area contributed by atoms with Gasteiger partial charge < -0.3 is 25.2 Å². The Kier molecular flexibility index (Phi) is 5.41. The van der Waals surface area contributed by atoms with E-state index < -0.39 is 23.8 Å². The minimum Gasteiger partial charge on any atom is -0.480 e. The lowest BCUT2D eigenvalue weighted by Gasteiger charge is -2.14. The third-order valence-electron chi connectivity index (χ3n) is 3.27. The average Bonchev–Trinajstić information content (AvgIpc) is 2.98. The van der Waals surface area contributed by atoms with Crippen molar-refractivity contribution in [1.29, 1.82) is 0 Å². The van der Waals surface area contributed by atoms with E-state index in [1.807, 2.05) is 0 Å². The number of hydrogen-bond acceptors (Lipinski definition) is 5. The maximum absolute atomic E-state index is 12.3. The molecule has 0 spiro atoms. The van der Waals surface area contributed by atoms with Gasteiger partial charge in [0.05, 0.1) is 0 Å². The third-order valence-corrected chi connectivity index (χ3v) is 3.27. The highest BCUT2D eigenvalue weighted by atomic mass is 16.7. The second-order valence-electron chi connectivity index (χ2n) is 5.12. The van der Waals surface area contributed by atoms with Crippen LogP contribution in [0.25, 0.3) is 6.08 Å². The first-order valence-corrected chi connectivity index (χ1v) is 7.33. The molecular weight excluding hydrogens is 316 g/mol. The van der Waals surface area contributed by atoms with Gasteiger partial charge in [-0.25, -0.2) is 4.79 Å². The number of rotatable bonds is 6. The van der Waals surface area contributed by atoms with Crippen molar-refractivity contribution in [2.45, 2.75) is 26.3 Å². The lowest BCUT2D eigenvalue weighted by Crippen LogP contribution is -2.43. The number of carboxylic acids is 1. The van der Waals surface area contributed by atoms with Crippen LogP contribution in [0.5, 0.6) is 11.5 Å². The van der Waals surface area contributed by atoms with Crippen LogP contribution in [0.4, 0.5) is 0 Å². The Labute approximate surface area is 138 Å². The van der Waals surface area contributed by atoms with Gasteiger partial charge >= 0.3 is 5.97 Å². The molecule has 0 saturated heterocycles. The molecule has 24 heavy (non-hydrogen) atoms. The normalized spacial score (nSPS) is 14.0. The van der Waals surface area contributed by atoms with E-state index in [0.717, 1.165) is 0 Å². The Balaban J connectivity index is 2.25. The Morgan fingerprint density at radius 1 is 1.29 bits per heavy atom. The van der Waals surface area contributed by atoms with E-state index in [-0.39, 0.29) is 18.9 Å². The van der Waals surface area contributed by atoms with E-state index in [1.165, 1.54) is 13.0 Å². The molecule has 2 rings (SSSR count). The smallest absolute Gasteiger partial charge is 0.326 e. The lowest BCUT2D eigenvalue weighted by molar-refractivity contribution is -0.141. The number of fused-ring (bicyclic) bond motifs is 1. The Morgan fingerprint density at radius 2 is 2.00 bits per heavy atom. The molecule has 3 N–H and O–H groups in total. The molecule has 0 bridgehead atoms. The van der Waals surface area contributed by atoms with Gasteiger partial charge in [-0.1, -0.05) is 13.0 Å². The summed E-state index contributed by atoms with van der Waals surface area (Å²) in [6.45, 7) is 3.02. The zero-order valence-corrected chi connectivity index (χ0v) is 13.3. The Bertz CT molecular complexity index is 698. The van der Waals surface area contributed by atoms with E-state index in [2.05, 4.69) is 10.6 Å². The van der Waals surface area contributed by atoms with Crippen LogP contribution < -0.4 is 20.1 Å². The van der Waals surface area contributed by atoms with Crippen LogP contribution >= 0.6 is 0 Å². The summed E-state index contributed by atoms with van der Waals surface area (Å²) in [5.74, 6) is -1.15. The molecule has 0 radical (unpaired) electrons. The SMILES string of the molecule is CCC(NC(=O)/C(=C\c1ccc2c(c1)OCO2)NC(C)=O)C(=O)O. The number of amides is 2. The van der Waals surface area contributed by atoms with Crippen LogP contribution in [-0.2, 0) is 14.4 Å². The van der Waals surface area contributed by atoms with Gasteiger partial charge in [0.25, 0.3) is 5.91 Å². The largest absolute Gasteiger partial charge is 0.480 e. The number of nitrogens with one attached hydrogen (secondary N) is 2. The molecule has 1 aliphatic heterocycles. The van der Waals surface area contributed by atoms with Crippen LogP contribution in [0.2, 0.25) is 0 Å². The van der Waals surface area contributed by atoms with Crippen LogP contribution in [0.1, 0.15) is 25.8 Å². The summed E-state index contributed by atoms with van der Waals surface area (Å²) in [4.78, 5) is 34.7. The number of benzene rings is 1. The number of carboxylic acid groups (broad SMARTS) is 1. The fourth-order valence-electron chi connectivity index (χ4n) is 2.09. The summed E-state index contributed by atoms with van der Waals surface area (Å²) in [7, 11) is 0. The lowest BCUT2D eigenvalue weighted by atomic mass is 10.1. The van der Waals surface area contributed by atoms with Gasteiger partial charge in [-0.3, -0.25) is 9.59 Å². The molecular formula is C16H18N2O6. The highest BCUT2D eigenvalue weighted by molar-refractivity contribution is 6.02. The molecule has 1 aliphatic rings. The molecule has 1 aromatic rings. The fourth-order valence-corrected chi connectivity index (χ4v) is 2.09. The predicted octanol–water partition coefficient (Wildman–Crippen LogP) is 0.872. The first kappa shape index (κ1) is 17.3. The second-order valence-corrected chi connectivity index (χ2v) is 5.12. The summed E-state index contributed by atoms with van der Waals surface area (Å²) in [5, 5.41) is 13.8. The summed E-state index contributed by atoms with van der Waals surface area (Å²) in [6.07, 6.45) is 1.66. The van der Waals surface area contributed by atoms with E-state index in [0.29, 0.717) is 17.1 Å². The fraction of sp³-hybridized carbons (Fsp3) is 0.312. The van der Waals surface area contributed by atoms with Crippen molar-refractivity contribution >= 4 is 23.9 Å². The van der Waals surface area contributed by atoms with Gasteiger partial charge in [0, 0.05) is 6.92 Å². The molecule has 0 aromatic heterocycles. The van der Waals surface area contributed by atoms with Crippen LogP contribution in [0, 0.1) is 0 Å². The van der Waals surface area contributed by atoms with Crippen molar-refractivity contribution in [3.63, 3.8) is 0 Å². The first-order valence-electron chi connectivity index (χ1n) is 7.33. The topological polar surface area (TPSA) is 114 Å². The Morgan fingerprint density at radius 3 is 2.62 bits per heavy atom. The molecule has 128 valence electrons. The summed E-state index contributed by atoms with van der Waals surface area (Å²) < 4.78 is 10.5. The summed E-state index contributed by atoms with van der Waals surface area (Å²) in [5.41, 5.74) is 0.544. The van der Waals surface area contributed by atoms with Crippen molar-refractivity contribution in [2.75, 3.05) is 6.79 Å². The van der Waals surface area contributed by atoms with Crippen molar-refractivity contribution in [2.24, 2.45) is 0 Å². The van der Waals surface area contributed by atoms with E-state index >= 15 is 0 Å². The molecule has 0 aliphatic carbocycles. The van der Waals surface area contributed by atoms with Gasteiger partial charge in [0.2, 0.25) is 12.7 Å². The summed E-state index contributed by atoms with van der Waals surface area (Å²) in [6, 6.07) is 4.00. The number of aliphatic carboxylic acids is 1. The molecule has 1 unspecified atom stereocenters. The van der Waals surface area contributed by atoms with Crippen LogP contribution in [0.3, 0.4) is 0 Å². The molecule has 0 fully saturated rings. The monoisotopic (exact) mass is 334 g/mol. The van der Waals surface area contributed by atoms with Crippen molar-refractivity contribution in [3.05, 3.63) is 29.5 Å². The van der Waals surface area contributed by atoms with Crippen molar-refractivity contribution in [3.8, 4) is 11.5 Å². The quantitative estimate of drug-likeness (QED) is 0.665. The molecule has 1 heterocycles. The molecule has 2 amide bonds. The first-order chi connectivity index (χ1) is 11.4. The van der Waals surface area contributed by atoms with E-state index in [9.17, 15) is 14.4 Å². The zero-order chi connectivity index (χ0) is 17.7. The molecule has 1 atom stereocenters. The van der Waals surface area contributed by atoms with Crippen LogP contribution in [-0.4, -0.2) is 35.7 Å². The number of hydrogen-bond donors (Lipinski definition) is 3. The van der Waals surface area contributed by atoms with E-state index in [4.69, 9.17) is 14.6 Å². The predicted molar refractivity (Wildman–Crippen MR) is 84.2 cm³/mol. The summed E-state index contributed by atoms with van der Waals surface area (Å²) >= 11 is 0. The minimum atomic E-state index is -1.14. The average molecular weight is 334 g/mol. The van der Waals surface area contributed by atoms with Crippen molar-refractivity contribution in [1.82, 2.24) is 10.6 Å². The van der Waals surface area contributed by atoms with Gasteiger partial charge in [-0.05, 0) is 30.2 Å². The highest BCUT2D eigenvalue weighted by Crippen LogP contribution is 2.32. The second kappa shape index (κ2) is 7.49. The van der Waals surface area contributed by atoms with Gasteiger partial charge in [0.1, 0.15) is 11.7 Å². The molecule has 8 heteroatoms. The minimum absolute atomic E-state index is 0.0546. The van der Waals surface area contributed by atoms with Gasteiger partial charge in [-0.15, -0.1) is 0 Å².